The summed E-state index contributed by atoms with van der Waals surface area (Å²) in [6.45, 7) is 9.47. The van der Waals surface area contributed by atoms with Crippen LogP contribution in [0.3, 0.4) is 0 Å². The molecule has 4 aromatic heterocycles. The molecule has 7 rings (SSSR count). The number of rotatable bonds is 12. The fraction of sp³-hybridized carbons (Fsp3) is 0.341. The van der Waals surface area contributed by atoms with Gasteiger partial charge in [0, 0.05) is 56.7 Å². The first-order chi connectivity index (χ1) is 29.5. The van der Waals surface area contributed by atoms with Crippen molar-refractivity contribution in [2.24, 2.45) is 16.7 Å². The van der Waals surface area contributed by atoms with Gasteiger partial charge in [-0.05, 0) is 70.5 Å². The van der Waals surface area contributed by atoms with E-state index in [4.69, 9.17) is 31.0 Å². The summed E-state index contributed by atoms with van der Waals surface area (Å²) < 4.78 is 19.5. The predicted molar refractivity (Wildman–Crippen MR) is 228 cm³/mol. The Morgan fingerprint density at radius 3 is 1.85 bits per heavy atom. The highest BCUT2D eigenvalue weighted by Crippen LogP contribution is 2.34. The number of benzene rings is 2. The lowest BCUT2D eigenvalue weighted by Gasteiger charge is -2.14. The Balaban J connectivity index is 1.28. The molecule has 2 aromatic carbocycles. The second-order valence-electron chi connectivity index (χ2n) is 14.3. The minimum Gasteiger partial charge on any atom is -0.491 e. The number of hydrazone groups is 1. The molecule has 0 atom stereocenters. The van der Waals surface area contributed by atoms with Crippen molar-refractivity contribution in [1.82, 2.24) is 44.0 Å². The molecule has 3 amide bonds. The average molecular weight is 833 g/mol. The number of carbonyl (C=O) groups is 4. The van der Waals surface area contributed by atoms with Gasteiger partial charge in [-0.15, -0.1) is 0 Å². The molecule has 0 aliphatic carbocycles. The number of amidine groups is 1. The Kier molecular flexibility index (Phi) is 12.4. The number of nitrogens with two attached hydrogens (primary N) is 2. The second-order valence-corrected chi connectivity index (χ2v) is 14.3. The van der Waals surface area contributed by atoms with Crippen LogP contribution in [-0.4, -0.2) is 88.3 Å². The van der Waals surface area contributed by atoms with Crippen molar-refractivity contribution in [3.05, 3.63) is 82.5 Å². The summed E-state index contributed by atoms with van der Waals surface area (Å²) in [7, 11) is 0. The van der Waals surface area contributed by atoms with Gasteiger partial charge >= 0.3 is 0 Å². The van der Waals surface area contributed by atoms with Crippen molar-refractivity contribution >= 4 is 63.8 Å². The number of ether oxygens (including phenoxy) is 2. The van der Waals surface area contributed by atoms with Gasteiger partial charge < -0.3 is 35.5 Å². The Hall–Kier alpha value is -7.51. The highest BCUT2D eigenvalue weighted by atomic mass is 16.5. The highest BCUT2D eigenvalue weighted by molar-refractivity contribution is 6.05. The van der Waals surface area contributed by atoms with Crippen LogP contribution in [0.2, 0.25) is 0 Å². The van der Waals surface area contributed by atoms with Gasteiger partial charge in [-0.1, -0.05) is 12.2 Å². The van der Waals surface area contributed by atoms with E-state index in [2.05, 4.69) is 31.2 Å². The maximum atomic E-state index is 13.8. The van der Waals surface area contributed by atoms with Gasteiger partial charge in [-0.25, -0.2) is 9.97 Å². The monoisotopic (exact) mass is 832 g/mol. The van der Waals surface area contributed by atoms with E-state index in [-0.39, 0.29) is 49.9 Å². The first-order valence-electron chi connectivity index (χ1n) is 20.0. The maximum absolute atomic E-state index is 13.8. The van der Waals surface area contributed by atoms with Crippen molar-refractivity contribution < 1.29 is 28.7 Å². The van der Waals surface area contributed by atoms with Gasteiger partial charge in [0.15, 0.2) is 0 Å². The van der Waals surface area contributed by atoms with Gasteiger partial charge in [0.1, 0.15) is 46.0 Å². The topological polar surface area (TPSA) is 259 Å². The zero-order chi connectivity index (χ0) is 43.2. The van der Waals surface area contributed by atoms with E-state index in [0.717, 1.165) is 0 Å². The Morgan fingerprint density at radius 2 is 1.33 bits per heavy atom. The smallest absolute Gasteiger partial charge is 0.276 e. The second kappa shape index (κ2) is 18.2. The van der Waals surface area contributed by atoms with Crippen LogP contribution in [0.25, 0.3) is 22.1 Å². The lowest BCUT2D eigenvalue weighted by atomic mass is 10.1. The van der Waals surface area contributed by atoms with Gasteiger partial charge in [-0.3, -0.25) is 39.2 Å². The molecule has 0 saturated carbocycles. The molecule has 0 unspecified atom stereocenters. The van der Waals surface area contributed by atoms with E-state index >= 15 is 0 Å². The number of aldehydes is 1. The number of amides is 3. The molecule has 7 N–H and O–H groups in total. The molecular formula is C41H48N14O6. The zero-order valence-corrected chi connectivity index (χ0v) is 34.4. The standard InChI is InChI=1S/C41H48N14O6/c1-5-54-30(17-24(3)50-54)38(58)47-40-45-28-19-26(23-56)20-32-35(28)52(40)13-7-8-14-53-36-29(46-41(53)48-39(59)31-18-25(4)51-55(31)6-2)21-27(22-33(36)61-16-10-15-60-32)37(57)44-12-9-11-34(42)49-43/h7-8,17-23H,5-6,9-16,43H2,1-4H3,(H2,42,49)(H,44,57)(H,45,47,58)(H,46,48,59)/b8-7+. The van der Waals surface area contributed by atoms with Crippen molar-refractivity contribution in [3.63, 3.8) is 0 Å². The third-order valence-corrected chi connectivity index (χ3v) is 9.96. The summed E-state index contributed by atoms with van der Waals surface area (Å²) in [6.07, 6.45) is 5.80. The van der Waals surface area contributed by atoms with Crippen LogP contribution in [0.4, 0.5) is 11.9 Å². The minimum absolute atomic E-state index is 0.164. The van der Waals surface area contributed by atoms with Crippen molar-refractivity contribution in [1.29, 1.82) is 0 Å². The van der Waals surface area contributed by atoms with E-state index in [1.165, 1.54) is 0 Å². The van der Waals surface area contributed by atoms with Crippen LogP contribution in [0.1, 0.15) is 86.2 Å². The Morgan fingerprint density at radius 1 is 0.787 bits per heavy atom. The molecule has 20 nitrogen and oxygen atoms in total. The van der Waals surface area contributed by atoms with Gasteiger partial charge in [-0.2, -0.15) is 15.3 Å². The molecule has 0 radical (unpaired) electrons. The van der Waals surface area contributed by atoms with E-state index in [1.807, 2.05) is 39.8 Å². The lowest BCUT2D eigenvalue weighted by molar-refractivity contribution is 0.0951. The van der Waals surface area contributed by atoms with E-state index < -0.39 is 11.8 Å². The summed E-state index contributed by atoms with van der Waals surface area (Å²) >= 11 is 0. The molecule has 61 heavy (non-hydrogen) atoms. The largest absolute Gasteiger partial charge is 0.491 e. The fourth-order valence-corrected chi connectivity index (χ4v) is 7.14. The summed E-state index contributed by atoms with van der Waals surface area (Å²) in [5, 5.41) is 21.1. The Bertz CT molecular complexity index is 2700. The molecule has 5 heterocycles. The number of allylic oxidation sites excluding steroid dienone is 2. The number of anilines is 2. The molecule has 6 aromatic rings. The van der Waals surface area contributed by atoms with Crippen molar-refractivity contribution in [2.45, 2.75) is 73.1 Å². The summed E-state index contributed by atoms with van der Waals surface area (Å²) in [5.74, 6) is 5.55. The number of imidazole rings is 2. The molecule has 318 valence electrons. The van der Waals surface area contributed by atoms with Gasteiger partial charge in [0.25, 0.3) is 17.7 Å². The first kappa shape index (κ1) is 41.6. The Labute approximate surface area is 349 Å². The van der Waals surface area contributed by atoms with Gasteiger partial charge in [0.05, 0.1) is 35.6 Å². The third kappa shape index (κ3) is 8.92. The van der Waals surface area contributed by atoms with Crippen molar-refractivity contribution in [2.75, 3.05) is 30.4 Å². The minimum atomic E-state index is -0.418. The SMILES string of the molecule is CCn1nc(C)cc1C(=O)Nc1nc2cc(C=O)cc3c2n1C/C=C/Cn1c(NC(=O)c2cc(C)nn2CC)nc2cc(C(=O)NCCCC(N)=NN)cc(c21)OCCCO3. The number of aromatic nitrogens is 8. The molecule has 0 fully saturated rings. The molecule has 1 aliphatic heterocycles. The highest BCUT2D eigenvalue weighted by Gasteiger charge is 2.24. The van der Waals surface area contributed by atoms with Crippen LogP contribution in [0.5, 0.6) is 11.5 Å². The van der Waals surface area contributed by atoms with Crippen LogP contribution in [0, 0.1) is 13.8 Å². The molecular weight excluding hydrogens is 785 g/mol. The van der Waals surface area contributed by atoms with Crippen LogP contribution >= 0.6 is 0 Å². The zero-order valence-electron chi connectivity index (χ0n) is 34.4. The van der Waals surface area contributed by atoms with E-state index in [1.54, 1.807) is 54.9 Å². The molecule has 0 bridgehead atoms. The van der Waals surface area contributed by atoms with E-state index in [0.29, 0.717) is 113 Å². The number of aryl methyl sites for hydroxylation is 4. The number of nitrogens with one attached hydrogen (secondary N) is 3. The lowest BCUT2D eigenvalue weighted by Crippen LogP contribution is -2.26. The molecule has 0 spiro atoms. The number of hydrogen-bond acceptors (Lipinski definition) is 12. The van der Waals surface area contributed by atoms with Gasteiger partial charge in [0.2, 0.25) is 11.9 Å². The molecule has 0 saturated heterocycles. The number of carbonyl (C=O) groups excluding carboxylic acids is 4. The summed E-state index contributed by atoms with van der Waals surface area (Å²) in [4.78, 5) is 62.6. The molecule has 1 aliphatic rings. The average Bonchev–Trinajstić information content (AvgIpc) is 4.02. The first-order valence-corrected chi connectivity index (χ1v) is 20.0. The normalized spacial score (nSPS) is 13.8. The molecule has 20 heteroatoms. The van der Waals surface area contributed by atoms with Crippen molar-refractivity contribution in [3.8, 4) is 11.5 Å². The number of nitrogens with zero attached hydrogens (tertiary/aromatic N) is 9. The summed E-state index contributed by atoms with van der Waals surface area (Å²) in [5.41, 5.74) is 10.4. The number of hydrogen-bond donors (Lipinski definition) is 5. The fourth-order valence-electron chi connectivity index (χ4n) is 7.14. The summed E-state index contributed by atoms with van der Waals surface area (Å²) in [6, 6.07) is 9.97. The predicted octanol–water partition coefficient (Wildman–Crippen LogP) is 3.91. The maximum Gasteiger partial charge on any atom is 0.276 e. The van der Waals surface area contributed by atoms with Crippen LogP contribution < -0.4 is 37.0 Å². The third-order valence-electron chi connectivity index (χ3n) is 9.96. The quantitative estimate of drug-likeness (QED) is 0.0224. The van der Waals surface area contributed by atoms with Crippen LogP contribution in [0.15, 0.2) is 53.7 Å². The van der Waals surface area contributed by atoms with E-state index in [9.17, 15) is 19.2 Å². The van der Waals surface area contributed by atoms with Crippen LogP contribution in [-0.2, 0) is 26.2 Å².